The highest BCUT2D eigenvalue weighted by Gasteiger charge is 2.42. The van der Waals surface area contributed by atoms with Gasteiger partial charge in [0.2, 0.25) is 5.91 Å². The van der Waals surface area contributed by atoms with Crippen LogP contribution in [-0.4, -0.2) is 91.1 Å². The maximum atomic E-state index is 12.8. The van der Waals surface area contributed by atoms with Crippen molar-refractivity contribution in [1.82, 2.24) is 9.80 Å². The molecule has 1 unspecified atom stereocenters. The second-order valence-electron chi connectivity index (χ2n) is 8.54. The van der Waals surface area contributed by atoms with Crippen molar-refractivity contribution in [1.29, 1.82) is 0 Å². The Morgan fingerprint density at radius 3 is 2.41 bits per heavy atom. The molecule has 3 aliphatic rings. The first-order chi connectivity index (χ1) is 15.2. The number of carbonyl (C=O) groups is 2. The number of hydrogen-bond donors (Lipinski definition) is 1. The highest BCUT2D eigenvalue weighted by molar-refractivity contribution is 5.79. The van der Waals surface area contributed by atoms with Gasteiger partial charge in [-0.15, -0.1) is 0 Å². The highest BCUT2D eigenvalue weighted by Crippen LogP contribution is 2.31. The summed E-state index contributed by atoms with van der Waals surface area (Å²) in [6, 6.07) is 9.98. The van der Waals surface area contributed by atoms with Gasteiger partial charge in [-0.1, -0.05) is 30.3 Å². The van der Waals surface area contributed by atoms with E-state index in [-0.39, 0.29) is 11.5 Å². The number of ether oxygens (including phenoxy) is 2. The van der Waals surface area contributed by atoms with E-state index in [1.165, 1.54) is 12.8 Å². The lowest BCUT2D eigenvalue weighted by molar-refractivity contribution is -0.192. The average Bonchev–Trinajstić information content (AvgIpc) is 3.57. The molecule has 1 aliphatic carbocycles. The third kappa shape index (κ3) is 7.46. The molecule has 7 nitrogen and oxygen atoms in total. The van der Waals surface area contributed by atoms with Gasteiger partial charge >= 0.3 is 12.1 Å². The van der Waals surface area contributed by atoms with Crippen LogP contribution in [-0.2, 0) is 25.5 Å². The Balaban J connectivity index is 0.000000360. The molecular weight excluding hydrogens is 429 g/mol. The van der Waals surface area contributed by atoms with E-state index < -0.39 is 12.1 Å². The third-order valence-corrected chi connectivity index (χ3v) is 5.68. The Hall–Kier alpha value is -2.17. The summed E-state index contributed by atoms with van der Waals surface area (Å²) in [6.07, 6.45) is -1.91. The van der Waals surface area contributed by atoms with Crippen molar-refractivity contribution < 1.29 is 37.3 Å². The van der Waals surface area contributed by atoms with Crippen LogP contribution < -0.4 is 0 Å². The number of rotatable bonds is 4. The Kier molecular flexibility index (Phi) is 8.13. The van der Waals surface area contributed by atoms with Crippen LogP contribution in [0, 0.1) is 5.92 Å². The topological polar surface area (TPSA) is 79.3 Å². The normalized spacial score (nSPS) is 24.4. The first-order valence-electron chi connectivity index (χ1n) is 10.7. The van der Waals surface area contributed by atoms with Gasteiger partial charge in [0.05, 0.1) is 32.8 Å². The smallest absolute Gasteiger partial charge is 0.475 e. The number of carboxylic acid groups (broad SMARTS) is 1. The number of aliphatic carboxylic acids is 1. The van der Waals surface area contributed by atoms with Crippen molar-refractivity contribution in [3.63, 3.8) is 0 Å². The van der Waals surface area contributed by atoms with Crippen LogP contribution in [0.15, 0.2) is 30.3 Å². The van der Waals surface area contributed by atoms with Crippen LogP contribution in [0.5, 0.6) is 0 Å². The molecule has 2 saturated heterocycles. The molecule has 1 amide bonds. The van der Waals surface area contributed by atoms with Gasteiger partial charge in [-0.2, -0.15) is 13.2 Å². The van der Waals surface area contributed by atoms with Crippen molar-refractivity contribution in [2.45, 2.75) is 31.0 Å². The molecule has 1 saturated carbocycles. The van der Waals surface area contributed by atoms with E-state index in [1.54, 1.807) is 0 Å². The molecule has 0 bridgehead atoms. The quantitative estimate of drug-likeness (QED) is 0.746. The molecule has 32 heavy (non-hydrogen) atoms. The molecule has 1 aromatic carbocycles. The molecule has 2 aliphatic heterocycles. The van der Waals surface area contributed by atoms with Gasteiger partial charge in [-0.3, -0.25) is 9.69 Å². The summed E-state index contributed by atoms with van der Waals surface area (Å²) in [5.74, 6) is -1.71. The minimum absolute atomic E-state index is 0.187. The highest BCUT2D eigenvalue weighted by atomic mass is 19.4. The zero-order chi connectivity index (χ0) is 23.2. The number of alkyl halides is 3. The van der Waals surface area contributed by atoms with E-state index in [1.807, 2.05) is 35.2 Å². The molecule has 1 spiro atoms. The van der Waals surface area contributed by atoms with E-state index in [0.29, 0.717) is 32.7 Å². The molecule has 4 rings (SSSR count). The van der Waals surface area contributed by atoms with Gasteiger partial charge in [0.15, 0.2) is 0 Å². The van der Waals surface area contributed by atoms with Gasteiger partial charge in [0, 0.05) is 26.2 Å². The van der Waals surface area contributed by atoms with Crippen LogP contribution in [0.25, 0.3) is 0 Å². The summed E-state index contributed by atoms with van der Waals surface area (Å²) in [5.41, 5.74) is 0.705. The van der Waals surface area contributed by atoms with E-state index in [4.69, 9.17) is 19.4 Å². The second kappa shape index (κ2) is 10.6. The summed E-state index contributed by atoms with van der Waals surface area (Å²) < 4.78 is 43.8. The summed E-state index contributed by atoms with van der Waals surface area (Å²) in [7, 11) is 0. The fourth-order valence-electron chi connectivity index (χ4n) is 3.93. The molecule has 0 aromatic heterocycles. The zero-order valence-electron chi connectivity index (χ0n) is 17.9. The van der Waals surface area contributed by atoms with Gasteiger partial charge in [0.25, 0.3) is 0 Å². The van der Waals surface area contributed by atoms with Gasteiger partial charge in [-0.05, 0) is 24.3 Å². The first kappa shape index (κ1) is 24.5. The summed E-state index contributed by atoms with van der Waals surface area (Å²) in [4.78, 5) is 26.1. The van der Waals surface area contributed by atoms with Gasteiger partial charge in [-0.25, -0.2) is 4.79 Å². The van der Waals surface area contributed by atoms with Gasteiger partial charge in [0.1, 0.15) is 5.60 Å². The number of carboxylic acids is 1. The fraction of sp³-hybridized carbons (Fsp3) is 0.636. The lowest BCUT2D eigenvalue weighted by atomic mass is 10.0. The Bertz CT molecular complexity index is 773. The molecule has 3 fully saturated rings. The standard InChI is InChI=1S/C20H28N2O3.C2HF3O2/c23-19(12-17-4-2-1-3-5-17)22-9-11-25-20(15-22)14-21(8-10-24-16-20)13-18-6-7-18;3-2(4,5)1(6)7/h1-5,18H,6-16H2;(H,6,7). The Morgan fingerprint density at radius 1 is 1.09 bits per heavy atom. The summed E-state index contributed by atoms with van der Waals surface area (Å²) in [5, 5.41) is 7.12. The third-order valence-electron chi connectivity index (χ3n) is 5.68. The lowest BCUT2D eigenvalue weighted by Gasteiger charge is -2.43. The van der Waals surface area contributed by atoms with Crippen molar-refractivity contribution in [2.24, 2.45) is 5.92 Å². The van der Waals surface area contributed by atoms with Crippen molar-refractivity contribution in [2.75, 3.05) is 52.5 Å². The Labute approximate surface area is 185 Å². The molecule has 2 heterocycles. The number of nitrogens with zero attached hydrogens (tertiary/aromatic N) is 2. The SMILES string of the molecule is O=C(Cc1ccccc1)N1CCOC2(COCCN(CC3CC3)C2)C1.O=C(O)C(F)(F)F. The lowest BCUT2D eigenvalue weighted by Crippen LogP contribution is -2.60. The maximum absolute atomic E-state index is 12.8. The zero-order valence-corrected chi connectivity index (χ0v) is 17.9. The van der Waals surface area contributed by atoms with Crippen LogP contribution in [0.1, 0.15) is 18.4 Å². The predicted octanol–water partition coefficient (Wildman–Crippen LogP) is 2.20. The van der Waals surface area contributed by atoms with Crippen molar-refractivity contribution in [3.8, 4) is 0 Å². The first-order valence-corrected chi connectivity index (χ1v) is 10.7. The summed E-state index contributed by atoms with van der Waals surface area (Å²) >= 11 is 0. The largest absolute Gasteiger partial charge is 0.490 e. The van der Waals surface area contributed by atoms with Crippen LogP contribution >= 0.6 is 0 Å². The van der Waals surface area contributed by atoms with E-state index in [9.17, 15) is 18.0 Å². The summed E-state index contributed by atoms with van der Waals surface area (Å²) in [6.45, 7) is 6.25. The molecule has 1 N–H and O–H groups in total. The van der Waals surface area contributed by atoms with E-state index in [2.05, 4.69) is 4.90 Å². The van der Waals surface area contributed by atoms with Crippen LogP contribution in [0.2, 0.25) is 0 Å². The molecule has 0 radical (unpaired) electrons. The Morgan fingerprint density at radius 2 is 1.78 bits per heavy atom. The molecule has 178 valence electrons. The van der Waals surface area contributed by atoms with E-state index >= 15 is 0 Å². The number of morpholine rings is 1. The minimum atomic E-state index is -5.08. The van der Waals surface area contributed by atoms with Crippen molar-refractivity contribution in [3.05, 3.63) is 35.9 Å². The van der Waals surface area contributed by atoms with Crippen LogP contribution in [0.3, 0.4) is 0 Å². The predicted molar refractivity (Wildman–Crippen MR) is 109 cm³/mol. The maximum Gasteiger partial charge on any atom is 0.490 e. The molecular formula is C22H29F3N2O5. The van der Waals surface area contributed by atoms with Gasteiger partial charge < -0.3 is 19.5 Å². The van der Waals surface area contributed by atoms with Crippen LogP contribution in [0.4, 0.5) is 13.2 Å². The monoisotopic (exact) mass is 458 g/mol. The molecule has 10 heteroatoms. The number of carbonyl (C=O) groups excluding carboxylic acids is 1. The minimum Gasteiger partial charge on any atom is -0.475 e. The van der Waals surface area contributed by atoms with Crippen molar-refractivity contribution >= 4 is 11.9 Å². The van der Waals surface area contributed by atoms with E-state index in [0.717, 1.165) is 37.7 Å². The molecule has 1 aromatic rings. The number of amides is 1. The fourth-order valence-corrected chi connectivity index (χ4v) is 3.93. The number of benzene rings is 1. The molecule has 1 atom stereocenters. The number of halogens is 3. The number of hydrogen-bond acceptors (Lipinski definition) is 5. The second-order valence-corrected chi connectivity index (χ2v) is 8.54. The average molecular weight is 458 g/mol.